The first-order valence-corrected chi connectivity index (χ1v) is 6.13. The molecule has 1 aromatic heterocycles. The van der Waals surface area contributed by atoms with Crippen molar-refractivity contribution in [3.05, 3.63) is 24.0 Å². The first kappa shape index (κ1) is 11.4. The highest BCUT2D eigenvalue weighted by atomic mass is 15.2. The lowest BCUT2D eigenvalue weighted by atomic mass is 9.96. The van der Waals surface area contributed by atoms with E-state index in [9.17, 15) is 0 Å². The lowest BCUT2D eigenvalue weighted by Crippen LogP contribution is -2.49. The Balaban J connectivity index is 2.23. The van der Waals surface area contributed by atoms with Gasteiger partial charge in [0, 0.05) is 36.2 Å². The molecular weight excluding hydrogens is 198 g/mol. The van der Waals surface area contributed by atoms with Crippen molar-refractivity contribution in [1.82, 2.24) is 4.98 Å². The van der Waals surface area contributed by atoms with E-state index in [0.29, 0.717) is 6.04 Å². The SMILES string of the molecule is Cc1cc(N2CCCCC2C(C)N)ccn1. The predicted octanol–water partition coefficient (Wildman–Crippen LogP) is 2.10. The van der Waals surface area contributed by atoms with Crippen molar-refractivity contribution >= 4 is 5.69 Å². The minimum atomic E-state index is 0.230. The van der Waals surface area contributed by atoms with Crippen LogP contribution in [0.15, 0.2) is 18.3 Å². The molecule has 88 valence electrons. The minimum absolute atomic E-state index is 0.230. The predicted molar refractivity (Wildman–Crippen MR) is 67.6 cm³/mol. The van der Waals surface area contributed by atoms with Gasteiger partial charge in [-0.25, -0.2) is 0 Å². The highest BCUT2D eigenvalue weighted by molar-refractivity contribution is 5.48. The summed E-state index contributed by atoms with van der Waals surface area (Å²) in [5.74, 6) is 0. The Kier molecular flexibility index (Phi) is 3.44. The second-order valence-electron chi connectivity index (χ2n) is 4.77. The van der Waals surface area contributed by atoms with Gasteiger partial charge in [-0.1, -0.05) is 0 Å². The molecule has 1 aliphatic heterocycles. The maximum absolute atomic E-state index is 6.08. The molecule has 0 radical (unpaired) electrons. The average Bonchev–Trinajstić information content (AvgIpc) is 2.29. The number of piperidine rings is 1. The van der Waals surface area contributed by atoms with Gasteiger partial charge in [-0.15, -0.1) is 0 Å². The topological polar surface area (TPSA) is 42.1 Å². The van der Waals surface area contributed by atoms with Crippen LogP contribution in [0.1, 0.15) is 31.9 Å². The average molecular weight is 219 g/mol. The van der Waals surface area contributed by atoms with Gasteiger partial charge in [0.25, 0.3) is 0 Å². The van der Waals surface area contributed by atoms with Crippen LogP contribution < -0.4 is 10.6 Å². The molecule has 2 N–H and O–H groups in total. The zero-order valence-corrected chi connectivity index (χ0v) is 10.2. The smallest absolute Gasteiger partial charge is 0.0438 e. The molecule has 3 nitrogen and oxygen atoms in total. The Bertz CT molecular complexity index is 349. The van der Waals surface area contributed by atoms with Crippen LogP contribution in [0, 0.1) is 6.92 Å². The van der Waals surface area contributed by atoms with E-state index in [2.05, 4.69) is 28.9 Å². The van der Waals surface area contributed by atoms with E-state index in [0.717, 1.165) is 12.2 Å². The lowest BCUT2D eigenvalue weighted by molar-refractivity contribution is 0.413. The van der Waals surface area contributed by atoms with Gasteiger partial charge in [0.1, 0.15) is 0 Å². The molecule has 1 aromatic rings. The van der Waals surface area contributed by atoms with Crippen molar-refractivity contribution in [2.24, 2.45) is 5.73 Å². The largest absolute Gasteiger partial charge is 0.367 e. The van der Waals surface area contributed by atoms with Crippen molar-refractivity contribution in [1.29, 1.82) is 0 Å². The highest BCUT2D eigenvalue weighted by Crippen LogP contribution is 2.26. The standard InChI is InChI=1S/C13H21N3/c1-10-9-12(6-7-15-10)16-8-4-3-5-13(16)11(2)14/h6-7,9,11,13H,3-5,8,14H2,1-2H3. The maximum atomic E-state index is 6.08. The summed E-state index contributed by atoms with van der Waals surface area (Å²) in [6.07, 6.45) is 5.66. The van der Waals surface area contributed by atoms with E-state index < -0.39 is 0 Å². The second-order valence-corrected chi connectivity index (χ2v) is 4.77. The molecule has 3 heteroatoms. The molecule has 0 saturated carbocycles. The summed E-state index contributed by atoms with van der Waals surface area (Å²) in [5, 5.41) is 0. The molecule has 1 aliphatic rings. The first-order chi connectivity index (χ1) is 7.68. The third-order valence-electron chi connectivity index (χ3n) is 3.37. The molecular formula is C13H21N3. The van der Waals surface area contributed by atoms with Crippen molar-refractivity contribution in [2.75, 3.05) is 11.4 Å². The number of aromatic nitrogens is 1. The molecule has 16 heavy (non-hydrogen) atoms. The van der Waals surface area contributed by atoms with Crippen molar-refractivity contribution in [3.8, 4) is 0 Å². The number of hydrogen-bond acceptors (Lipinski definition) is 3. The molecule has 2 heterocycles. The first-order valence-electron chi connectivity index (χ1n) is 6.13. The quantitative estimate of drug-likeness (QED) is 0.828. The molecule has 0 bridgehead atoms. The maximum Gasteiger partial charge on any atom is 0.0438 e. The summed E-state index contributed by atoms with van der Waals surface area (Å²) in [5.41, 5.74) is 8.42. The number of pyridine rings is 1. The molecule has 0 aliphatic carbocycles. The van der Waals surface area contributed by atoms with Gasteiger partial charge in [0.05, 0.1) is 0 Å². The van der Waals surface area contributed by atoms with E-state index in [4.69, 9.17) is 5.73 Å². The monoisotopic (exact) mass is 219 g/mol. The van der Waals surface area contributed by atoms with Crippen LogP contribution in [0.4, 0.5) is 5.69 Å². The lowest BCUT2D eigenvalue weighted by Gasteiger charge is -2.39. The van der Waals surface area contributed by atoms with Gasteiger partial charge in [-0.3, -0.25) is 4.98 Å². The van der Waals surface area contributed by atoms with Gasteiger partial charge < -0.3 is 10.6 Å². The Morgan fingerprint density at radius 3 is 3.00 bits per heavy atom. The number of anilines is 1. The second kappa shape index (κ2) is 4.83. The zero-order valence-electron chi connectivity index (χ0n) is 10.2. The van der Waals surface area contributed by atoms with Gasteiger partial charge in [0.15, 0.2) is 0 Å². The number of rotatable bonds is 2. The van der Waals surface area contributed by atoms with Crippen LogP contribution in [0.25, 0.3) is 0 Å². The van der Waals surface area contributed by atoms with Crippen LogP contribution >= 0.6 is 0 Å². The Labute approximate surface area is 97.7 Å². The molecule has 1 fully saturated rings. The molecule has 2 atom stereocenters. The number of nitrogens with two attached hydrogens (primary N) is 1. The van der Waals surface area contributed by atoms with E-state index in [1.807, 2.05) is 13.1 Å². The fourth-order valence-corrected chi connectivity index (χ4v) is 2.53. The van der Waals surface area contributed by atoms with E-state index in [-0.39, 0.29) is 6.04 Å². The van der Waals surface area contributed by atoms with Crippen LogP contribution in [0.5, 0.6) is 0 Å². The van der Waals surface area contributed by atoms with E-state index in [1.54, 1.807) is 0 Å². The number of nitrogens with zero attached hydrogens (tertiary/aromatic N) is 2. The summed E-state index contributed by atoms with van der Waals surface area (Å²) >= 11 is 0. The number of hydrogen-bond donors (Lipinski definition) is 1. The molecule has 2 rings (SSSR count). The number of aryl methyl sites for hydroxylation is 1. The van der Waals surface area contributed by atoms with Gasteiger partial charge in [-0.2, -0.15) is 0 Å². The van der Waals surface area contributed by atoms with Gasteiger partial charge in [-0.05, 0) is 45.2 Å². The zero-order chi connectivity index (χ0) is 11.5. The Morgan fingerprint density at radius 2 is 2.31 bits per heavy atom. The van der Waals surface area contributed by atoms with Gasteiger partial charge in [0.2, 0.25) is 0 Å². The van der Waals surface area contributed by atoms with Crippen molar-refractivity contribution in [3.63, 3.8) is 0 Å². The third-order valence-corrected chi connectivity index (χ3v) is 3.37. The van der Waals surface area contributed by atoms with E-state index in [1.165, 1.54) is 24.9 Å². The highest BCUT2D eigenvalue weighted by Gasteiger charge is 2.25. The summed E-state index contributed by atoms with van der Waals surface area (Å²) in [7, 11) is 0. The van der Waals surface area contributed by atoms with Crippen LogP contribution in [-0.4, -0.2) is 23.6 Å². The van der Waals surface area contributed by atoms with Crippen LogP contribution in [0.3, 0.4) is 0 Å². The minimum Gasteiger partial charge on any atom is -0.367 e. The molecule has 0 amide bonds. The summed E-state index contributed by atoms with van der Waals surface area (Å²) in [6, 6.07) is 4.96. The van der Waals surface area contributed by atoms with Gasteiger partial charge >= 0.3 is 0 Å². The summed E-state index contributed by atoms with van der Waals surface area (Å²) < 4.78 is 0. The normalized spacial score (nSPS) is 23.2. The fourth-order valence-electron chi connectivity index (χ4n) is 2.53. The molecule has 0 aromatic carbocycles. The van der Waals surface area contributed by atoms with E-state index >= 15 is 0 Å². The van der Waals surface area contributed by atoms with Crippen molar-refractivity contribution < 1.29 is 0 Å². The Morgan fingerprint density at radius 1 is 1.50 bits per heavy atom. The van der Waals surface area contributed by atoms with Crippen LogP contribution in [-0.2, 0) is 0 Å². The summed E-state index contributed by atoms with van der Waals surface area (Å²) in [6.45, 7) is 5.26. The molecule has 0 spiro atoms. The molecule has 1 saturated heterocycles. The summed E-state index contributed by atoms with van der Waals surface area (Å²) in [4.78, 5) is 6.69. The van der Waals surface area contributed by atoms with Crippen molar-refractivity contribution in [2.45, 2.75) is 45.2 Å². The Hall–Kier alpha value is -1.09. The fraction of sp³-hybridized carbons (Fsp3) is 0.615. The molecule has 2 unspecified atom stereocenters. The third kappa shape index (κ3) is 2.35. The van der Waals surface area contributed by atoms with Crippen LogP contribution in [0.2, 0.25) is 0 Å².